The Morgan fingerprint density at radius 2 is 1.70 bits per heavy atom. The van der Waals surface area contributed by atoms with Crippen LogP contribution in [0.5, 0.6) is 5.75 Å². The molecule has 2 aromatic carbocycles. The van der Waals surface area contributed by atoms with E-state index >= 15 is 0 Å². The molecule has 138 valence electrons. The number of aliphatic carboxylic acids is 1. The lowest BCUT2D eigenvalue weighted by Gasteiger charge is -2.15. The molecule has 0 saturated carbocycles. The predicted molar refractivity (Wildman–Crippen MR) is 103 cm³/mol. The first-order chi connectivity index (χ1) is 13.1. The number of aromatic nitrogens is 1. The SMILES string of the molecule is COc1ccc(C(=O)Nn2c(CCC(=O)O)ccc2-c2ccccc2)cc1. The van der Waals surface area contributed by atoms with Gasteiger partial charge in [-0.15, -0.1) is 0 Å². The highest BCUT2D eigenvalue weighted by atomic mass is 16.5. The van der Waals surface area contributed by atoms with Gasteiger partial charge in [0.25, 0.3) is 5.91 Å². The highest BCUT2D eigenvalue weighted by Crippen LogP contribution is 2.23. The number of carboxylic acids is 1. The van der Waals surface area contributed by atoms with Crippen molar-refractivity contribution in [1.29, 1.82) is 0 Å². The lowest BCUT2D eigenvalue weighted by Crippen LogP contribution is -2.25. The summed E-state index contributed by atoms with van der Waals surface area (Å²) in [5.74, 6) is -0.507. The third kappa shape index (κ3) is 4.36. The molecule has 6 heteroatoms. The first-order valence-corrected chi connectivity index (χ1v) is 8.51. The number of carboxylic acid groups (broad SMARTS) is 1. The second-order valence-electron chi connectivity index (χ2n) is 5.97. The lowest BCUT2D eigenvalue weighted by molar-refractivity contribution is -0.136. The maximum absolute atomic E-state index is 12.7. The molecular weight excluding hydrogens is 344 g/mol. The summed E-state index contributed by atoms with van der Waals surface area (Å²) in [6, 6.07) is 20.1. The Hall–Kier alpha value is -3.54. The summed E-state index contributed by atoms with van der Waals surface area (Å²) in [6.07, 6.45) is 0.293. The fraction of sp³-hybridized carbons (Fsp3) is 0.143. The van der Waals surface area contributed by atoms with Crippen LogP contribution in [0.25, 0.3) is 11.3 Å². The largest absolute Gasteiger partial charge is 0.497 e. The molecule has 1 heterocycles. The number of carbonyl (C=O) groups is 2. The number of carbonyl (C=O) groups excluding carboxylic acids is 1. The Labute approximate surface area is 157 Å². The molecule has 0 unspecified atom stereocenters. The van der Waals surface area contributed by atoms with Crippen LogP contribution < -0.4 is 10.2 Å². The van der Waals surface area contributed by atoms with E-state index in [0.29, 0.717) is 17.7 Å². The molecule has 0 radical (unpaired) electrons. The Kier molecular flexibility index (Phi) is 5.56. The van der Waals surface area contributed by atoms with Crippen molar-refractivity contribution >= 4 is 11.9 Å². The quantitative estimate of drug-likeness (QED) is 0.672. The molecule has 27 heavy (non-hydrogen) atoms. The highest BCUT2D eigenvalue weighted by Gasteiger charge is 2.15. The first-order valence-electron chi connectivity index (χ1n) is 8.51. The number of benzene rings is 2. The monoisotopic (exact) mass is 364 g/mol. The number of methoxy groups -OCH3 is 1. The molecular formula is C21H20N2O4. The van der Waals surface area contributed by atoms with Crippen molar-refractivity contribution in [2.75, 3.05) is 12.5 Å². The van der Waals surface area contributed by atoms with Gasteiger partial charge in [-0.1, -0.05) is 30.3 Å². The number of nitrogens with zero attached hydrogens (tertiary/aromatic N) is 1. The van der Waals surface area contributed by atoms with Gasteiger partial charge in [0.2, 0.25) is 0 Å². The van der Waals surface area contributed by atoms with Crippen LogP contribution in [0, 0.1) is 0 Å². The van der Waals surface area contributed by atoms with Crippen molar-refractivity contribution in [2.45, 2.75) is 12.8 Å². The number of rotatable bonds is 7. The van der Waals surface area contributed by atoms with Gasteiger partial charge in [-0.3, -0.25) is 19.7 Å². The van der Waals surface area contributed by atoms with Crippen molar-refractivity contribution in [3.05, 3.63) is 78.0 Å². The standard InChI is InChI=1S/C21H20N2O4/c1-27-18-11-7-16(8-12-18)21(26)22-23-17(10-14-20(24)25)9-13-19(23)15-5-3-2-4-6-15/h2-9,11-13H,10,14H2,1H3,(H,22,26)(H,24,25). The molecule has 0 atom stereocenters. The third-order valence-electron chi connectivity index (χ3n) is 4.19. The predicted octanol–water partition coefficient (Wildman–Crippen LogP) is 3.56. The number of hydrogen-bond acceptors (Lipinski definition) is 3. The third-order valence-corrected chi connectivity index (χ3v) is 4.19. The van der Waals surface area contributed by atoms with Crippen molar-refractivity contribution < 1.29 is 19.4 Å². The van der Waals surface area contributed by atoms with Crippen LogP contribution in [-0.2, 0) is 11.2 Å². The normalized spacial score (nSPS) is 10.4. The summed E-state index contributed by atoms with van der Waals surface area (Å²) in [5.41, 5.74) is 5.79. The summed E-state index contributed by atoms with van der Waals surface area (Å²) >= 11 is 0. The van der Waals surface area contributed by atoms with Crippen molar-refractivity contribution in [1.82, 2.24) is 4.68 Å². The molecule has 0 aliphatic rings. The zero-order valence-corrected chi connectivity index (χ0v) is 14.9. The summed E-state index contributed by atoms with van der Waals surface area (Å²) in [6.45, 7) is 0. The number of aryl methyl sites for hydroxylation is 1. The van der Waals surface area contributed by atoms with Gasteiger partial charge in [0.15, 0.2) is 0 Å². The van der Waals surface area contributed by atoms with Gasteiger partial charge in [-0.05, 0) is 36.4 Å². The van der Waals surface area contributed by atoms with Crippen LogP contribution in [0.4, 0.5) is 0 Å². The highest BCUT2D eigenvalue weighted by molar-refractivity contribution is 6.00. The molecule has 1 aromatic heterocycles. The van der Waals surface area contributed by atoms with Gasteiger partial charge < -0.3 is 9.84 Å². The van der Waals surface area contributed by atoms with Crippen LogP contribution in [-0.4, -0.2) is 28.8 Å². The number of amides is 1. The maximum atomic E-state index is 12.7. The van der Waals surface area contributed by atoms with Crippen molar-refractivity contribution in [2.24, 2.45) is 0 Å². The van der Waals surface area contributed by atoms with E-state index in [-0.39, 0.29) is 12.3 Å². The molecule has 0 saturated heterocycles. The molecule has 0 spiro atoms. The second-order valence-corrected chi connectivity index (χ2v) is 5.97. The zero-order valence-electron chi connectivity index (χ0n) is 14.9. The fourth-order valence-electron chi connectivity index (χ4n) is 2.78. The van der Waals surface area contributed by atoms with Crippen molar-refractivity contribution in [3.8, 4) is 17.0 Å². The van der Waals surface area contributed by atoms with Gasteiger partial charge in [0.05, 0.1) is 19.2 Å². The van der Waals surface area contributed by atoms with E-state index in [1.54, 1.807) is 36.1 Å². The molecule has 0 fully saturated rings. The first kappa shape index (κ1) is 18.3. The van der Waals surface area contributed by atoms with Gasteiger partial charge >= 0.3 is 5.97 Å². The Morgan fingerprint density at radius 1 is 1.00 bits per heavy atom. The molecule has 1 amide bonds. The molecule has 3 aromatic rings. The van der Waals surface area contributed by atoms with E-state index < -0.39 is 5.97 Å². The summed E-state index contributed by atoms with van der Waals surface area (Å²) < 4.78 is 6.77. The Bertz CT molecular complexity index is 931. The number of nitrogens with one attached hydrogen (secondary N) is 1. The average Bonchev–Trinajstić information content (AvgIpc) is 3.09. The molecule has 0 bridgehead atoms. The molecule has 0 aliphatic heterocycles. The van der Waals surface area contributed by atoms with Gasteiger partial charge in [-0.25, -0.2) is 0 Å². The van der Waals surface area contributed by atoms with Crippen LogP contribution in [0.2, 0.25) is 0 Å². The molecule has 3 rings (SSSR count). The summed E-state index contributed by atoms with van der Waals surface area (Å²) in [5, 5.41) is 8.99. The van der Waals surface area contributed by atoms with E-state index in [4.69, 9.17) is 9.84 Å². The van der Waals surface area contributed by atoms with Crippen LogP contribution in [0.15, 0.2) is 66.7 Å². The van der Waals surface area contributed by atoms with Gasteiger partial charge in [0, 0.05) is 23.2 Å². The minimum atomic E-state index is -0.884. The van der Waals surface area contributed by atoms with E-state index in [1.807, 2.05) is 42.5 Å². The second kappa shape index (κ2) is 8.23. The van der Waals surface area contributed by atoms with E-state index in [0.717, 1.165) is 17.0 Å². The zero-order chi connectivity index (χ0) is 19.2. The molecule has 6 nitrogen and oxygen atoms in total. The van der Waals surface area contributed by atoms with Crippen LogP contribution >= 0.6 is 0 Å². The van der Waals surface area contributed by atoms with E-state index in [9.17, 15) is 9.59 Å². The van der Waals surface area contributed by atoms with E-state index in [1.165, 1.54) is 0 Å². The van der Waals surface area contributed by atoms with E-state index in [2.05, 4.69) is 5.43 Å². The Morgan fingerprint density at radius 3 is 2.33 bits per heavy atom. The summed E-state index contributed by atoms with van der Waals surface area (Å²) in [7, 11) is 1.57. The van der Waals surface area contributed by atoms with Crippen molar-refractivity contribution in [3.63, 3.8) is 0 Å². The lowest BCUT2D eigenvalue weighted by atomic mass is 10.2. The molecule has 2 N–H and O–H groups in total. The number of ether oxygens (including phenoxy) is 1. The smallest absolute Gasteiger partial charge is 0.303 e. The van der Waals surface area contributed by atoms with Crippen LogP contribution in [0.1, 0.15) is 22.5 Å². The minimum Gasteiger partial charge on any atom is -0.497 e. The van der Waals surface area contributed by atoms with Gasteiger partial charge in [0.1, 0.15) is 5.75 Å². The average molecular weight is 364 g/mol. The maximum Gasteiger partial charge on any atom is 0.303 e. The Balaban J connectivity index is 1.91. The molecule has 0 aliphatic carbocycles. The summed E-state index contributed by atoms with van der Waals surface area (Å²) in [4.78, 5) is 23.7. The topological polar surface area (TPSA) is 80.6 Å². The van der Waals surface area contributed by atoms with Gasteiger partial charge in [-0.2, -0.15) is 0 Å². The minimum absolute atomic E-state index is 0.0172. The fourth-order valence-corrected chi connectivity index (χ4v) is 2.78. The van der Waals surface area contributed by atoms with Crippen LogP contribution in [0.3, 0.4) is 0 Å². The number of hydrogen-bond donors (Lipinski definition) is 2.